The Morgan fingerprint density at radius 3 is 2.54 bits per heavy atom. The molecule has 0 aliphatic carbocycles. The van der Waals surface area contributed by atoms with Crippen molar-refractivity contribution in [3.8, 4) is 5.88 Å². The molecule has 1 saturated heterocycles. The monoisotopic (exact) mass is 417 g/mol. The van der Waals surface area contributed by atoms with Crippen molar-refractivity contribution in [1.29, 1.82) is 0 Å². The second kappa shape index (κ2) is 7.73. The Morgan fingerprint density at radius 1 is 1.25 bits per heavy atom. The fraction of sp³-hybridized carbons (Fsp3) is 0.611. The number of ether oxygens (including phenoxy) is 2. The van der Waals surface area contributed by atoms with E-state index in [1.165, 1.54) is 12.4 Å². The number of hydrogen-bond donors (Lipinski definition) is 0. The molecule has 0 radical (unpaired) electrons. The van der Waals surface area contributed by atoms with E-state index >= 15 is 0 Å². The van der Waals surface area contributed by atoms with Crippen LogP contribution in [0.1, 0.15) is 38.5 Å². The summed E-state index contributed by atoms with van der Waals surface area (Å²) < 4.78 is 49.2. The maximum Gasteiger partial charge on any atom is 0.410 e. The van der Waals surface area contributed by atoms with Crippen LogP contribution in [0, 0.1) is 0 Å². The highest BCUT2D eigenvalue weighted by molar-refractivity contribution is 7.18. The molecule has 0 saturated carbocycles. The highest BCUT2D eigenvalue weighted by Gasteiger charge is 2.30. The van der Waals surface area contributed by atoms with E-state index in [-0.39, 0.29) is 23.0 Å². The Labute approximate surface area is 164 Å². The van der Waals surface area contributed by atoms with Crippen molar-refractivity contribution in [1.82, 2.24) is 14.9 Å². The van der Waals surface area contributed by atoms with Crippen molar-refractivity contribution in [2.45, 2.75) is 57.9 Å². The molecule has 0 unspecified atom stereocenters. The van der Waals surface area contributed by atoms with Gasteiger partial charge in [-0.2, -0.15) is 13.2 Å². The molecule has 0 bridgehead atoms. The van der Waals surface area contributed by atoms with Crippen molar-refractivity contribution in [2.75, 3.05) is 13.1 Å². The number of fused-ring (bicyclic) bond motifs is 1. The molecule has 0 atom stereocenters. The Hall–Kier alpha value is -2.10. The van der Waals surface area contributed by atoms with Crippen molar-refractivity contribution in [2.24, 2.45) is 0 Å². The summed E-state index contributed by atoms with van der Waals surface area (Å²) >= 11 is 0.989. The van der Waals surface area contributed by atoms with Crippen molar-refractivity contribution in [3.05, 3.63) is 17.3 Å². The molecule has 3 heterocycles. The zero-order chi connectivity index (χ0) is 20.5. The fourth-order valence-electron chi connectivity index (χ4n) is 2.90. The van der Waals surface area contributed by atoms with Gasteiger partial charge in [-0.05, 0) is 26.8 Å². The van der Waals surface area contributed by atoms with Crippen LogP contribution in [0.3, 0.4) is 0 Å². The number of rotatable bonds is 3. The largest absolute Gasteiger partial charge is 0.474 e. The Morgan fingerprint density at radius 2 is 1.93 bits per heavy atom. The van der Waals surface area contributed by atoms with Gasteiger partial charge in [0.15, 0.2) is 0 Å². The minimum absolute atomic E-state index is 0.174. The van der Waals surface area contributed by atoms with Crippen LogP contribution in [-0.4, -0.2) is 51.9 Å². The standard InChI is InChI=1S/C18H22F3N3O3S/c1-17(2,3)27-16(25)24-6-4-11(5-7-24)26-14-13-8-12(9-18(19,20)21)28-15(13)23-10-22-14/h8,10-11H,4-7,9H2,1-3H3. The quantitative estimate of drug-likeness (QED) is 0.732. The highest BCUT2D eigenvalue weighted by atomic mass is 32.1. The third-order valence-electron chi connectivity index (χ3n) is 4.09. The van der Waals surface area contributed by atoms with Crippen LogP contribution in [0.4, 0.5) is 18.0 Å². The number of piperidine rings is 1. The lowest BCUT2D eigenvalue weighted by atomic mass is 10.1. The number of aromatic nitrogens is 2. The van der Waals surface area contributed by atoms with Gasteiger partial charge in [0.05, 0.1) is 11.8 Å². The number of halogens is 3. The molecule has 1 fully saturated rings. The molecule has 3 rings (SSSR count). The van der Waals surface area contributed by atoms with Crippen molar-refractivity contribution < 1.29 is 27.4 Å². The predicted molar refractivity (Wildman–Crippen MR) is 98.6 cm³/mol. The minimum atomic E-state index is -4.27. The van der Waals surface area contributed by atoms with Gasteiger partial charge < -0.3 is 14.4 Å². The number of alkyl halides is 3. The summed E-state index contributed by atoms with van der Waals surface area (Å²) in [7, 11) is 0. The van der Waals surface area contributed by atoms with Crippen molar-refractivity contribution in [3.63, 3.8) is 0 Å². The molecule has 10 heteroatoms. The van der Waals surface area contributed by atoms with Crippen LogP contribution in [-0.2, 0) is 11.2 Å². The molecule has 1 aliphatic heterocycles. The molecular formula is C18H22F3N3O3S. The average Bonchev–Trinajstić information content (AvgIpc) is 2.95. The van der Waals surface area contributed by atoms with Crippen LogP contribution in [0.15, 0.2) is 12.4 Å². The van der Waals surface area contributed by atoms with Gasteiger partial charge in [0.1, 0.15) is 22.9 Å². The molecule has 28 heavy (non-hydrogen) atoms. The second-order valence-corrected chi connectivity index (χ2v) is 8.80. The van der Waals surface area contributed by atoms with Gasteiger partial charge in [-0.15, -0.1) is 11.3 Å². The van der Waals surface area contributed by atoms with E-state index < -0.39 is 18.2 Å². The SMILES string of the molecule is CC(C)(C)OC(=O)N1CCC(Oc2ncnc3sc(CC(F)(F)F)cc23)CC1. The number of nitrogens with zero attached hydrogens (tertiary/aromatic N) is 3. The average molecular weight is 417 g/mol. The van der Waals surface area contributed by atoms with Crippen LogP contribution in [0.2, 0.25) is 0 Å². The number of hydrogen-bond acceptors (Lipinski definition) is 6. The topological polar surface area (TPSA) is 64.5 Å². The van der Waals surface area contributed by atoms with Crippen LogP contribution < -0.4 is 4.74 Å². The summed E-state index contributed by atoms with van der Waals surface area (Å²) in [5.41, 5.74) is -0.552. The van der Waals surface area contributed by atoms with E-state index in [4.69, 9.17) is 9.47 Å². The fourth-order valence-corrected chi connectivity index (χ4v) is 3.92. The lowest BCUT2D eigenvalue weighted by Gasteiger charge is -2.33. The Kier molecular flexibility index (Phi) is 5.69. The van der Waals surface area contributed by atoms with Crippen molar-refractivity contribution >= 4 is 27.6 Å². The van der Waals surface area contributed by atoms with Gasteiger partial charge in [0.25, 0.3) is 0 Å². The molecule has 0 aromatic carbocycles. The molecule has 2 aromatic heterocycles. The first-order valence-electron chi connectivity index (χ1n) is 8.95. The van der Waals surface area contributed by atoms with E-state index in [0.29, 0.717) is 36.1 Å². The zero-order valence-electron chi connectivity index (χ0n) is 15.9. The highest BCUT2D eigenvalue weighted by Crippen LogP contribution is 2.34. The summed E-state index contributed by atoms with van der Waals surface area (Å²) in [5, 5.41) is 0.487. The number of amides is 1. The molecule has 6 nitrogen and oxygen atoms in total. The molecule has 2 aromatic rings. The van der Waals surface area contributed by atoms with Gasteiger partial charge in [0, 0.05) is 30.8 Å². The third-order valence-corrected chi connectivity index (χ3v) is 5.13. The van der Waals surface area contributed by atoms with Gasteiger partial charge in [-0.3, -0.25) is 0 Å². The van der Waals surface area contributed by atoms with Gasteiger partial charge >= 0.3 is 12.3 Å². The maximum atomic E-state index is 12.6. The van der Waals surface area contributed by atoms with Gasteiger partial charge in [0.2, 0.25) is 5.88 Å². The lowest BCUT2D eigenvalue weighted by Crippen LogP contribution is -2.44. The lowest BCUT2D eigenvalue weighted by molar-refractivity contribution is -0.126. The zero-order valence-corrected chi connectivity index (χ0v) is 16.7. The molecule has 154 valence electrons. The summed E-state index contributed by atoms with van der Waals surface area (Å²) in [6, 6.07) is 1.44. The van der Waals surface area contributed by atoms with Crippen LogP contribution in [0.25, 0.3) is 10.2 Å². The first kappa shape index (κ1) is 20.6. The number of carbonyl (C=O) groups is 1. The van der Waals surface area contributed by atoms with Gasteiger partial charge in [-0.1, -0.05) is 0 Å². The van der Waals surface area contributed by atoms with E-state index in [1.54, 1.807) is 4.90 Å². The molecule has 1 aliphatic rings. The van der Waals surface area contributed by atoms with Crippen LogP contribution >= 0.6 is 11.3 Å². The minimum Gasteiger partial charge on any atom is -0.474 e. The van der Waals surface area contributed by atoms with E-state index in [1.807, 2.05) is 20.8 Å². The number of carbonyl (C=O) groups excluding carboxylic acids is 1. The molecule has 0 N–H and O–H groups in total. The smallest absolute Gasteiger partial charge is 0.410 e. The van der Waals surface area contributed by atoms with E-state index in [2.05, 4.69) is 9.97 Å². The maximum absolute atomic E-state index is 12.6. The molecule has 1 amide bonds. The van der Waals surface area contributed by atoms with E-state index in [0.717, 1.165) is 11.3 Å². The first-order valence-corrected chi connectivity index (χ1v) is 9.76. The summed E-state index contributed by atoms with van der Waals surface area (Å²) in [6.07, 6.45) is -3.34. The van der Waals surface area contributed by atoms with Gasteiger partial charge in [-0.25, -0.2) is 14.8 Å². The number of thiophene rings is 1. The normalized spacial score (nSPS) is 16.4. The molecule has 0 spiro atoms. The van der Waals surface area contributed by atoms with E-state index in [9.17, 15) is 18.0 Å². The Bertz CT molecular complexity index is 840. The second-order valence-electron chi connectivity index (χ2n) is 7.69. The predicted octanol–water partition coefficient (Wildman–Crippen LogP) is 4.57. The summed E-state index contributed by atoms with van der Waals surface area (Å²) in [5.74, 6) is 0.283. The first-order chi connectivity index (χ1) is 13.0. The molecular weight excluding hydrogens is 395 g/mol. The summed E-state index contributed by atoms with van der Waals surface area (Å²) in [6.45, 7) is 6.41. The third kappa shape index (κ3) is 5.46. The Balaban J connectivity index is 1.63. The number of likely N-dealkylation sites (tertiary alicyclic amines) is 1. The summed E-state index contributed by atoms with van der Waals surface area (Å²) in [4.78, 5) is 22.5. The van der Waals surface area contributed by atoms with Crippen LogP contribution in [0.5, 0.6) is 5.88 Å².